The number of nitrogens with zero attached hydrogens (tertiary/aromatic N) is 2. The number of nitrogens with one attached hydrogen (secondary N) is 1. The van der Waals surface area contributed by atoms with Crippen LogP contribution >= 0.6 is 0 Å². The minimum absolute atomic E-state index is 0.00468. The zero-order chi connectivity index (χ0) is 13.9. The molecule has 4 nitrogen and oxygen atoms in total. The van der Waals surface area contributed by atoms with Crippen LogP contribution in [0.2, 0.25) is 0 Å². The summed E-state index contributed by atoms with van der Waals surface area (Å²) in [5.74, 6) is 1.15. The van der Waals surface area contributed by atoms with Crippen molar-refractivity contribution in [2.24, 2.45) is 11.8 Å². The van der Waals surface area contributed by atoms with E-state index in [1.54, 1.807) is 0 Å². The van der Waals surface area contributed by atoms with E-state index in [2.05, 4.69) is 23.2 Å². The number of rotatable bonds is 8. The van der Waals surface area contributed by atoms with Crippen LogP contribution in [0.5, 0.6) is 0 Å². The zero-order valence-corrected chi connectivity index (χ0v) is 12.1. The van der Waals surface area contributed by atoms with Crippen LogP contribution in [0.1, 0.15) is 46.0 Å². The zero-order valence-electron chi connectivity index (χ0n) is 12.1. The molecule has 0 aromatic rings. The summed E-state index contributed by atoms with van der Waals surface area (Å²) in [7, 11) is 0. The maximum Gasteiger partial charge on any atom is 0.235 e. The molecule has 1 unspecified atom stereocenters. The van der Waals surface area contributed by atoms with E-state index in [0.29, 0.717) is 12.5 Å². The Balaban J connectivity index is 1.82. The van der Waals surface area contributed by atoms with Crippen molar-refractivity contribution >= 4 is 5.91 Å². The second-order valence-corrected chi connectivity index (χ2v) is 6.32. The van der Waals surface area contributed by atoms with Crippen molar-refractivity contribution < 1.29 is 4.79 Å². The molecule has 2 fully saturated rings. The lowest BCUT2D eigenvalue weighted by Crippen LogP contribution is -2.50. The highest BCUT2D eigenvalue weighted by molar-refractivity contribution is 5.79. The topological polar surface area (TPSA) is 56.1 Å². The average molecular weight is 263 g/mol. The first kappa shape index (κ1) is 14.3. The van der Waals surface area contributed by atoms with Gasteiger partial charge in [-0.2, -0.15) is 5.26 Å². The molecule has 2 rings (SSSR count). The summed E-state index contributed by atoms with van der Waals surface area (Å²) in [5, 5.41) is 12.2. The Morgan fingerprint density at radius 2 is 2.11 bits per heavy atom. The number of carbonyl (C=O) groups excluding carboxylic acids is 1. The normalized spacial score (nSPS) is 21.8. The SMILES string of the molecule is CCCN(CC(=O)NC(C)(C#N)C1CC1)CC1CC1. The number of amides is 1. The second kappa shape index (κ2) is 5.92. The molecule has 0 spiro atoms. The molecular weight excluding hydrogens is 238 g/mol. The van der Waals surface area contributed by atoms with Gasteiger partial charge in [0, 0.05) is 6.54 Å². The molecule has 19 heavy (non-hydrogen) atoms. The van der Waals surface area contributed by atoms with E-state index in [9.17, 15) is 10.1 Å². The summed E-state index contributed by atoms with van der Waals surface area (Å²) >= 11 is 0. The molecule has 0 radical (unpaired) electrons. The van der Waals surface area contributed by atoms with Crippen LogP contribution in [0.4, 0.5) is 0 Å². The fourth-order valence-corrected chi connectivity index (χ4v) is 2.63. The summed E-state index contributed by atoms with van der Waals surface area (Å²) in [6.45, 7) is 6.44. The van der Waals surface area contributed by atoms with Gasteiger partial charge in [0.05, 0.1) is 12.6 Å². The Bertz CT molecular complexity index is 368. The minimum atomic E-state index is -0.658. The minimum Gasteiger partial charge on any atom is -0.337 e. The first-order valence-electron chi connectivity index (χ1n) is 7.52. The monoisotopic (exact) mass is 263 g/mol. The van der Waals surface area contributed by atoms with Crippen LogP contribution in [-0.4, -0.2) is 36.0 Å². The van der Waals surface area contributed by atoms with Gasteiger partial charge in [0.25, 0.3) is 0 Å². The molecule has 2 saturated carbocycles. The molecule has 0 aromatic heterocycles. The maximum atomic E-state index is 12.1. The third kappa shape index (κ3) is 4.21. The highest BCUT2D eigenvalue weighted by Gasteiger charge is 2.43. The van der Waals surface area contributed by atoms with E-state index in [-0.39, 0.29) is 5.91 Å². The predicted octanol–water partition coefficient (Wildman–Crippen LogP) is 1.92. The van der Waals surface area contributed by atoms with Crippen LogP contribution in [-0.2, 0) is 4.79 Å². The first-order valence-corrected chi connectivity index (χ1v) is 7.52. The van der Waals surface area contributed by atoms with Gasteiger partial charge in [0.1, 0.15) is 5.54 Å². The lowest BCUT2D eigenvalue weighted by Gasteiger charge is -2.26. The van der Waals surface area contributed by atoms with Gasteiger partial charge in [-0.3, -0.25) is 9.69 Å². The fraction of sp³-hybridized carbons (Fsp3) is 0.867. The number of hydrogen-bond donors (Lipinski definition) is 1. The van der Waals surface area contributed by atoms with Crippen LogP contribution < -0.4 is 5.32 Å². The van der Waals surface area contributed by atoms with E-state index in [0.717, 1.165) is 38.3 Å². The molecule has 106 valence electrons. The number of nitriles is 1. The molecular formula is C15H25N3O. The van der Waals surface area contributed by atoms with Crippen LogP contribution in [0.15, 0.2) is 0 Å². The summed E-state index contributed by atoms with van der Waals surface area (Å²) in [6.07, 6.45) is 5.80. The quantitative estimate of drug-likeness (QED) is 0.728. The third-order valence-electron chi connectivity index (χ3n) is 4.15. The Morgan fingerprint density at radius 1 is 1.42 bits per heavy atom. The van der Waals surface area contributed by atoms with E-state index in [1.807, 2.05) is 6.92 Å². The summed E-state index contributed by atoms with van der Waals surface area (Å²) in [6, 6.07) is 2.28. The Labute approximate surface area is 116 Å². The van der Waals surface area contributed by atoms with Crippen molar-refractivity contribution in [2.45, 2.75) is 51.5 Å². The van der Waals surface area contributed by atoms with Gasteiger partial charge in [-0.1, -0.05) is 6.92 Å². The Hall–Kier alpha value is -1.08. The average Bonchev–Trinajstić information content (AvgIpc) is 3.21. The Morgan fingerprint density at radius 3 is 2.58 bits per heavy atom. The van der Waals surface area contributed by atoms with E-state index in [1.165, 1.54) is 12.8 Å². The predicted molar refractivity (Wildman–Crippen MR) is 74.3 cm³/mol. The number of carbonyl (C=O) groups is 1. The van der Waals surface area contributed by atoms with Gasteiger partial charge in [0.2, 0.25) is 5.91 Å². The lowest BCUT2D eigenvalue weighted by atomic mass is 9.98. The van der Waals surface area contributed by atoms with Crippen LogP contribution in [0.25, 0.3) is 0 Å². The van der Waals surface area contributed by atoms with Crippen molar-refractivity contribution in [1.82, 2.24) is 10.2 Å². The molecule has 1 amide bonds. The van der Waals surface area contributed by atoms with E-state index >= 15 is 0 Å². The third-order valence-corrected chi connectivity index (χ3v) is 4.15. The summed E-state index contributed by atoms with van der Waals surface area (Å²) in [5.41, 5.74) is -0.658. The molecule has 0 bridgehead atoms. The molecule has 0 heterocycles. The van der Waals surface area contributed by atoms with E-state index in [4.69, 9.17) is 0 Å². The van der Waals surface area contributed by atoms with Crippen LogP contribution in [0.3, 0.4) is 0 Å². The van der Waals surface area contributed by atoms with Gasteiger partial charge in [-0.05, 0) is 57.4 Å². The highest BCUT2D eigenvalue weighted by Crippen LogP contribution is 2.39. The van der Waals surface area contributed by atoms with Crippen molar-refractivity contribution in [2.75, 3.05) is 19.6 Å². The molecule has 2 aliphatic carbocycles. The number of hydrogen-bond acceptors (Lipinski definition) is 3. The first-order chi connectivity index (χ1) is 9.07. The molecule has 1 atom stereocenters. The molecule has 0 saturated heterocycles. The molecule has 0 aromatic carbocycles. The standard InChI is InChI=1S/C15H25N3O/c1-3-8-18(9-12-4-5-12)10-14(19)17-15(2,11-16)13-6-7-13/h12-13H,3-10H2,1-2H3,(H,17,19). The van der Waals surface area contributed by atoms with Crippen molar-refractivity contribution in [3.8, 4) is 6.07 Å². The summed E-state index contributed by atoms with van der Waals surface area (Å²) < 4.78 is 0. The largest absolute Gasteiger partial charge is 0.337 e. The van der Waals surface area contributed by atoms with Crippen molar-refractivity contribution in [3.05, 3.63) is 0 Å². The van der Waals surface area contributed by atoms with Gasteiger partial charge in [0.15, 0.2) is 0 Å². The lowest BCUT2D eigenvalue weighted by molar-refractivity contribution is -0.123. The maximum absolute atomic E-state index is 12.1. The molecule has 1 N–H and O–H groups in total. The van der Waals surface area contributed by atoms with Crippen molar-refractivity contribution in [3.63, 3.8) is 0 Å². The molecule has 0 aliphatic heterocycles. The van der Waals surface area contributed by atoms with E-state index < -0.39 is 5.54 Å². The smallest absolute Gasteiger partial charge is 0.235 e. The van der Waals surface area contributed by atoms with Gasteiger partial charge >= 0.3 is 0 Å². The highest BCUT2D eigenvalue weighted by atomic mass is 16.2. The van der Waals surface area contributed by atoms with Gasteiger partial charge < -0.3 is 5.32 Å². The Kier molecular flexibility index (Phi) is 4.46. The van der Waals surface area contributed by atoms with Crippen LogP contribution in [0, 0.1) is 23.2 Å². The molecule has 2 aliphatic rings. The van der Waals surface area contributed by atoms with Gasteiger partial charge in [-0.15, -0.1) is 0 Å². The van der Waals surface area contributed by atoms with Crippen molar-refractivity contribution in [1.29, 1.82) is 5.26 Å². The second-order valence-electron chi connectivity index (χ2n) is 6.32. The fourth-order valence-electron chi connectivity index (χ4n) is 2.63. The van der Waals surface area contributed by atoms with Gasteiger partial charge in [-0.25, -0.2) is 0 Å². The molecule has 4 heteroatoms. The summed E-state index contributed by atoms with van der Waals surface area (Å²) in [4.78, 5) is 14.4.